The number of aromatic nitrogens is 1. The molecule has 1 amide bonds. The maximum atomic E-state index is 12.7. The molecule has 180 valence electrons. The second-order valence-corrected chi connectivity index (χ2v) is 8.12. The summed E-state index contributed by atoms with van der Waals surface area (Å²) < 4.78 is 16.2. The zero-order valence-corrected chi connectivity index (χ0v) is 19.9. The van der Waals surface area contributed by atoms with E-state index in [9.17, 15) is 9.59 Å². The third kappa shape index (κ3) is 5.97. The molecule has 35 heavy (non-hydrogen) atoms. The van der Waals surface area contributed by atoms with Gasteiger partial charge in [0.15, 0.2) is 5.58 Å². The summed E-state index contributed by atoms with van der Waals surface area (Å²) in [5.74, 6) is 0.181. The number of nitrogens with one attached hydrogen (secondary N) is 1. The second-order valence-electron chi connectivity index (χ2n) is 8.12. The number of oxazole rings is 1. The Morgan fingerprint density at radius 1 is 1.06 bits per heavy atom. The smallest absolute Gasteiger partial charge is 0.337 e. The predicted molar refractivity (Wildman–Crippen MR) is 133 cm³/mol. The molecule has 0 radical (unpaired) electrons. The number of carbonyl (C=O) groups is 2. The van der Waals surface area contributed by atoms with Crippen molar-refractivity contribution in [3.05, 3.63) is 83.4 Å². The van der Waals surface area contributed by atoms with E-state index in [0.717, 1.165) is 22.3 Å². The summed E-state index contributed by atoms with van der Waals surface area (Å²) in [6.07, 6.45) is 0.238. The lowest BCUT2D eigenvalue weighted by Crippen LogP contribution is -2.32. The Labute approximate surface area is 203 Å². The van der Waals surface area contributed by atoms with Gasteiger partial charge in [-0.2, -0.15) is 4.98 Å². The quantitative estimate of drug-likeness (QED) is 0.351. The van der Waals surface area contributed by atoms with Crippen molar-refractivity contribution in [1.29, 1.82) is 0 Å². The van der Waals surface area contributed by atoms with E-state index in [-0.39, 0.29) is 12.3 Å². The first-order valence-corrected chi connectivity index (χ1v) is 11.2. The first-order chi connectivity index (χ1) is 16.9. The van der Waals surface area contributed by atoms with Crippen LogP contribution in [0.1, 0.15) is 21.5 Å². The molecule has 3 aromatic carbocycles. The van der Waals surface area contributed by atoms with Crippen LogP contribution in [0.4, 0.5) is 11.7 Å². The van der Waals surface area contributed by atoms with E-state index in [1.165, 1.54) is 7.11 Å². The summed E-state index contributed by atoms with van der Waals surface area (Å²) in [6.45, 7) is 2.76. The van der Waals surface area contributed by atoms with E-state index >= 15 is 0 Å². The molecule has 0 spiro atoms. The molecule has 0 fully saturated rings. The second kappa shape index (κ2) is 10.7. The van der Waals surface area contributed by atoms with Crippen LogP contribution in [0.25, 0.3) is 11.1 Å². The molecule has 1 heterocycles. The Morgan fingerprint density at radius 3 is 2.57 bits per heavy atom. The average Bonchev–Trinajstić information content (AvgIpc) is 3.27. The zero-order valence-electron chi connectivity index (χ0n) is 19.9. The third-order valence-corrected chi connectivity index (χ3v) is 5.59. The topological polar surface area (TPSA) is 93.9 Å². The highest BCUT2D eigenvalue weighted by molar-refractivity contribution is 5.89. The summed E-state index contributed by atoms with van der Waals surface area (Å²) >= 11 is 0. The largest absolute Gasteiger partial charge is 0.492 e. The summed E-state index contributed by atoms with van der Waals surface area (Å²) in [5, 5.41) is 3.20. The number of benzene rings is 3. The maximum absolute atomic E-state index is 12.7. The number of methoxy groups -OCH3 is 1. The van der Waals surface area contributed by atoms with Crippen molar-refractivity contribution >= 4 is 34.7 Å². The van der Waals surface area contributed by atoms with Gasteiger partial charge in [-0.25, -0.2) is 4.79 Å². The molecule has 0 unspecified atom stereocenters. The van der Waals surface area contributed by atoms with Crippen LogP contribution >= 0.6 is 0 Å². The number of carbonyl (C=O) groups excluding carboxylic acids is 2. The standard InChI is InChI=1S/C27H27N3O5/c1-18-6-4-5-7-22(18)28-27-29-23-13-8-19(16-24(23)35-27)17-25(31)30(2)14-15-34-21-11-9-20(10-12-21)26(32)33-3/h4-13,16H,14-15,17H2,1-3H3,(H,28,29). The number of rotatable bonds is 9. The van der Waals surface area contributed by atoms with Crippen LogP contribution in [0.5, 0.6) is 5.75 Å². The van der Waals surface area contributed by atoms with Crippen LogP contribution in [0.3, 0.4) is 0 Å². The molecule has 1 aromatic heterocycles. The fourth-order valence-corrected chi connectivity index (χ4v) is 3.50. The summed E-state index contributed by atoms with van der Waals surface area (Å²) in [7, 11) is 3.08. The molecule has 0 saturated carbocycles. The van der Waals surface area contributed by atoms with Gasteiger partial charge in [0.05, 0.1) is 25.6 Å². The molecule has 8 nitrogen and oxygen atoms in total. The van der Waals surface area contributed by atoms with Crippen molar-refractivity contribution < 1.29 is 23.5 Å². The van der Waals surface area contributed by atoms with Crippen molar-refractivity contribution in [2.24, 2.45) is 0 Å². The number of anilines is 2. The fraction of sp³-hybridized carbons (Fsp3) is 0.222. The van der Waals surface area contributed by atoms with Crippen molar-refractivity contribution in [3.63, 3.8) is 0 Å². The van der Waals surface area contributed by atoms with Gasteiger partial charge in [-0.15, -0.1) is 0 Å². The number of hydrogen-bond donors (Lipinski definition) is 1. The molecular weight excluding hydrogens is 446 g/mol. The summed E-state index contributed by atoms with van der Waals surface area (Å²) in [4.78, 5) is 30.3. The van der Waals surface area contributed by atoms with E-state index in [2.05, 4.69) is 15.0 Å². The highest BCUT2D eigenvalue weighted by atomic mass is 16.5. The molecule has 8 heteroatoms. The fourth-order valence-electron chi connectivity index (χ4n) is 3.50. The van der Waals surface area contributed by atoms with Crippen LogP contribution in [0.15, 0.2) is 71.1 Å². The normalized spacial score (nSPS) is 10.7. The first-order valence-electron chi connectivity index (χ1n) is 11.2. The molecule has 0 aliphatic carbocycles. The van der Waals surface area contributed by atoms with Crippen LogP contribution < -0.4 is 10.1 Å². The molecule has 0 atom stereocenters. The number of amides is 1. The molecule has 1 N–H and O–H groups in total. The lowest BCUT2D eigenvalue weighted by Gasteiger charge is -2.17. The van der Waals surface area contributed by atoms with Gasteiger partial charge in [0, 0.05) is 12.7 Å². The van der Waals surface area contributed by atoms with E-state index in [0.29, 0.717) is 36.1 Å². The lowest BCUT2D eigenvalue weighted by atomic mass is 10.1. The zero-order chi connectivity index (χ0) is 24.8. The number of likely N-dealkylation sites (N-methyl/N-ethyl adjacent to an activating group) is 1. The Morgan fingerprint density at radius 2 is 1.83 bits per heavy atom. The first kappa shape index (κ1) is 23.8. The van der Waals surface area contributed by atoms with E-state index in [1.807, 2.05) is 49.4 Å². The number of nitrogens with zero attached hydrogens (tertiary/aromatic N) is 2. The number of fused-ring (bicyclic) bond motifs is 1. The van der Waals surface area contributed by atoms with Crippen LogP contribution in [0, 0.1) is 6.92 Å². The molecule has 4 rings (SSSR count). The Bertz CT molecular complexity index is 1330. The SMILES string of the molecule is COC(=O)c1ccc(OCCN(C)C(=O)Cc2ccc3nc(Nc4ccccc4C)oc3c2)cc1. The molecule has 0 aliphatic heterocycles. The van der Waals surface area contributed by atoms with Gasteiger partial charge in [-0.3, -0.25) is 4.79 Å². The Kier molecular flexibility index (Phi) is 7.30. The monoisotopic (exact) mass is 473 g/mol. The van der Waals surface area contributed by atoms with Crippen molar-refractivity contribution in [2.45, 2.75) is 13.3 Å². The van der Waals surface area contributed by atoms with Crippen LogP contribution in [-0.4, -0.2) is 49.1 Å². The highest BCUT2D eigenvalue weighted by Gasteiger charge is 2.13. The Balaban J connectivity index is 1.30. The minimum Gasteiger partial charge on any atom is -0.492 e. The van der Waals surface area contributed by atoms with Gasteiger partial charge in [-0.1, -0.05) is 24.3 Å². The lowest BCUT2D eigenvalue weighted by molar-refractivity contribution is -0.129. The minimum atomic E-state index is -0.399. The van der Waals surface area contributed by atoms with E-state index in [4.69, 9.17) is 9.15 Å². The van der Waals surface area contributed by atoms with Crippen molar-refractivity contribution in [2.75, 3.05) is 32.6 Å². The molecule has 0 bridgehead atoms. The number of aryl methyl sites for hydroxylation is 1. The number of para-hydroxylation sites is 1. The molecule has 0 saturated heterocycles. The summed E-state index contributed by atoms with van der Waals surface area (Å²) in [5.41, 5.74) is 4.65. The number of esters is 1. The van der Waals surface area contributed by atoms with Crippen LogP contribution in [-0.2, 0) is 16.0 Å². The molecule has 0 aliphatic rings. The molecule has 4 aromatic rings. The maximum Gasteiger partial charge on any atom is 0.337 e. The minimum absolute atomic E-state index is 0.0354. The van der Waals surface area contributed by atoms with Gasteiger partial charge in [0.25, 0.3) is 6.01 Å². The predicted octanol–water partition coefficient (Wildman–Crippen LogP) is 4.75. The molecular formula is C27H27N3O5. The van der Waals surface area contributed by atoms with Gasteiger partial charge in [-0.05, 0) is 60.5 Å². The third-order valence-electron chi connectivity index (χ3n) is 5.59. The number of ether oxygens (including phenoxy) is 2. The van der Waals surface area contributed by atoms with Crippen molar-refractivity contribution in [1.82, 2.24) is 9.88 Å². The Hall–Kier alpha value is -4.33. The van der Waals surface area contributed by atoms with Crippen LogP contribution in [0.2, 0.25) is 0 Å². The number of hydrogen-bond acceptors (Lipinski definition) is 7. The van der Waals surface area contributed by atoms with E-state index in [1.54, 1.807) is 36.2 Å². The van der Waals surface area contributed by atoms with Gasteiger partial charge in [0.1, 0.15) is 17.9 Å². The highest BCUT2D eigenvalue weighted by Crippen LogP contribution is 2.25. The van der Waals surface area contributed by atoms with Crippen molar-refractivity contribution in [3.8, 4) is 5.75 Å². The van der Waals surface area contributed by atoms with Gasteiger partial charge >= 0.3 is 5.97 Å². The van der Waals surface area contributed by atoms with Gasteiger partial charge in [0.2, 0.25) is 5.91 Å². The van der Waals surface area contributed by atoms with E-state index < -0.39 is 5.97 Å². The average molecular weight is 474 g/mol. The van der Waals surface area contributed by atoms with Gasteiger partial charge < -0.3 is 24.1 Å². The summed E-state index contributed by atoms with van der Waals surface area (Å²) in [6, 6.07) is 20.6.